The van der Waals surface area contributed by atoms with Crippen LogP contribution in [0.1, 0.15) is 56.2 Å². The molecule has 1 saturated heterocycles. The highest BCUT2D eigenvalue weighted by Crippen LogP contribution is 2.32. The summed E-state index contributed by atoms with van der Waals surface area (Å²) >= 11 is 1.69. The maximum absolute atomic E-state index is 12.1. The molecule has 1 aromatic rings. The summed E-state index contributed by atoms with van der Waals surface area (Å²) in [6.45, 7) is 0.754. The van der Waals surface area contributed by atoms with Crippen molar-refractivity contribution in [3.8, 4) is 0 Å². The van der Waals surface area contributed by atoms with E-state index in [4.69, 9.17) is 4.52 Å². The van der Waals surface area contributed by atoms with Gasteiger partial charge in [-0.05, 0) is 25.5 Å². The Morgan fingerprint density at radius 3 is 2.90 bits per heavy atom. The molecule has 0 radical (unpaired) electrons. The first-order chi connectivity index (χ1) is 9.78. The predicted molar refractivity (Wildman–Crippen MR) is 77.5 cm³/mol. The Hall–Kier alpha value is -1.04. The topological polar surface area (TPSA) is 59.2 Å². The Morgan fingerprint density at radius 2 is 2.15 bits per heavy atom. The molecule has 1 aliphatic heterocycles. The normalized spacial score (nSPS) is 24.6. The average Bonchev–Trinajstić information content (AvgIpc) is 3.11. The van der Waals surface area contributed by atoms with Gasteiger partial charge < -0.3 is 9.42 Å². The zero-order valence-electron chi connectivity index (χ0n) is 11.9. The van der Waals surface area contributed by atoms with Crippen LogP contribution in [0.5, 0.6) is 0 Å². The van der Waals surface area contributed by atoms with Crippen molar-refractivity contribution in [1.29, 1.82) is 0 Å². The molecule has 1 saturated carbocycles. The van der Waals surface area contributed by atoms with Crippen molar-refractivity contribution < 1.29 is 9.32 Å². The average molecular weight is 295 g/mol. The van der Waals surface area contributed by atoms with E-state index in [0.717, 1.165) is 37.4 Å². The number of amides is 1. The molecule has 5 nitrogen and oxygen atoms in total. The van der Waals surface area contributed by atoms with Gasteiger partial charge in [-0.3, -0.25) is 4.79 Å². The zero-order chi connectivity index (χ0) is 13.9. The molecule has 1 amide bonds. The molecule has 0 spiro atoms. The summed E-state index contributed by atoms with van der Waals surface area (Å²) in [5, 5.41) is 4.01. The number of carbonyl (C=O) groups is 1. The summed E-state index contributed by atoms with van der Waals surface area (Å²) < 4.78 is 5.39. The fourth-order valence-corrected chi connectivity index (χ4v) is 3.64. The minimum Gasteiger partial charge on any atom is -0.339 e. The van der Waals surface area contributed by atoms with Crippen LogP contribution in [0.4, 0.5) is 0 Å². The quantitative estimate of drug-likeness (QED) is 0.854. The highest BCUT2D eigenvalue weighted by molar-refractivity contribution is 7.97. The Balaban J connectivity index is 1.68. The molecule has 2 fully saturated rings. The van der Waals surface area contributed by atoms with Gasteiger partial charge in [0.05, 0.1) is 11.7 Å². The van der Waals surface area contributed by atoms with E-state index in [1.807, 2.05) is 6.26 Å². The molecule has 1 aliphatic carbocycles. The number of likely N-dealkylation sites (tertiary alicyclic amines) is 1. The number of thioether (sulfide) groups is 1. The predicted octanol–water partition coefficient (Wildman–Crippen LogP) is 2.58. The molecule has 1 atom stereocenters. The number of hydrogen-bond donors (Lipinski definition) is 0. The first-order valence-electron chi connectivity index (χ1n) is 7.39. The molecule has 2 aliphatic rings. The Bertz CT molecular complexity index is 471. The Labute approximate surface area is 123 Å². The summed E-state index contributed by atoms with van der Waals surface area (Å²) in [7, 11) is 0. The van der Waals surface area contributed by atoms with E-state index in [1.54, 1.807) is 11.8 Å². The third-order valence-corrected chi connectivity index (χ3v) is 4.86. The molecule has 110 valence electrons. The molecular weight excluding hydrogens is 274 g/mol. The maximum Gasteiger partial charge on any atom is 0.231 e. The molecule has 1 aromatic heterocycles. The van der Waals surface area contributed by atoms with Gasteiger partial charge in [-0.1, -0.05) is 18.0 Å². The van der Waals surface area contributed by atoms with E-state index >= 15 is 0 Å². The summed E-state index contributed by atoms with van der Waals surface area (Å²) in [5.74, 6) is 2.77. The van der Waals surface area contributed by atoms with Crippen molar-refractivity contribution in [2.24, 2.45) is 0 Å². The summed E-state index contributed by atoms with van der Waals surface area (Å²) in [4.78, 5) is 18.7. The van der Waals surface area contributed by atoms with Gasteiger partial charge >= 0.3 is 0 Å². The summed E-state index contributed by atoms with van der Waals surface area (Å²) in [6.07, 6.45) is 8.27. The standard InChI is InChI=1S/C14H21N3O2S/c1-20-9-12-15-14(19-16-12)10-6-7-13(18)17(8-10)11-4-2-3-5-11/h10-11H,2-9H2,1H3/t10-/m0/s1. The SMILES string of the molecule is CSCc1noc([C@H]2CCC(=O)N(C3CCCC3)C2)n1. The number of piperidine rings is 1. The third kappa shape index (κ3) is 2.85. The van der Waals surface area contributed by atoms with Crippen molar-refractivity contribution in [2.45, 2.75) is 56.2 Å². The first kappa shape index (κ1) is 13.9. The Morgan fingerprint density at radius 1 is 1.35 bits per heavy atom. The molecule has 0 N–H and O–H groups in total. The molecule has 2 heterocycles. The van der Waals surface area contributed by atoms with Gasteiger partial charge in [0.2, 0.25) is 11.8 Å². The molecular formula is C14H21N3O2S. The second kappa shape index (κ2) is 6.16. The largest absolute Gasteiger partial charge is 0.339 e. The number of carbonyl (C=O) groups excluding carboxylic acids is 1. The van der Waals surface area contributed by atoms with Gasteiger partial charge in [-0.25, -0.2) is 0 Å². The molecule has 0 unspecified atom stereocenters. The van der Waals surface area contributed by atoms with Crippen LogP contribution in [-0.4, -0.2) is 39.8 Å². The molecule has 3 rings (SSSR count). The molecule has 0 bridgehead atoms. The van der Waals surface area contributed by atoms with Crippen molar-refractivity contribution >= 4 is 17.7 Å². The van der Waals surface area contributed by atoms with Crippen LogP contribution in [0, 0.1) is 0 Å². The van der Waals surface area contributed by atoms with Crippen LogP contribution < -0.4 is 0 Å². The summed E-state index contributed by atoms with van der Waals surface area (Å²) in [6, 6.07) is 0.443. The third-order valence-electron chi connectivity index (χ3n) is 4.32. The number of hydrogen-bond acceptors (Lipinski definition) is 5. The zero-order valence-corrected chi connectivity index (χ0v) is 12.7. The van der Waals surface area contributed by atoms with Crippen LogP contribution in [0.2, 0.25) is 0 Å². The lowest BCUT2D eigenvalue weighted by atomic mass is 9.95. The van der Waals surface area contributed by atoms with Crippen LogP contribution in [0.3, 0.4) is 0 Å². The smallest absolute Gasteiger partial charge is 0.231 e. The minimum atomic E-state index is 0.219. The number of nitrogens with zero attached hydrogens (tertiary/aromatic N) is 3. The van der Waals surface area contributed by atoms with Gasteiger partial charge in [0.1, 0.15) is 0 Å². The lowest BCUT2D eigenvalue weighted by molar-refractivity contribution is -0.136. The molecule has 6 heteroatoms. The van der Waals surface area contributed by atoms with Crippen molar-refractivity contribution in [2.75, 3.05) is 12.8 Å². The van der Waals surface area contributed by atoms with Crippen LogP contribution in [0.25, 0.3) is 0 Å². The number of aromatic nitrogens is 2. The minimum absolute atomic E-state index is 0.219. The van der Waals surface area contributed by atoms with Gasteiger partial charge in [0, 0.05) is 19.0 Å². The second-order valence-electron chi connectivity index (χ2n) is 5.70. The van der Waals surface area contributed by atoms with E-state index in [1.165, 1.54) is 12.8 Å². The van der Waals surface area contributed by atoms with Gasteiger partial charge in [-0.2, -0.15) is 16.7 Å². The van der Waals surface area contributed by atoms with Crippen LogP contribution in [-0.2, 0) is 10.5 Å². The van der Waals surface area contributed by atoms with Gasteiger partial charge in [0.25, 0.3) is 0 Å². The summed E-state index contributed by atoms with van der Waals surface area (Å²) in [5.41, 5.74) is 0. The van der Waals surface area contributed by atoms with E-state index in [9.17, 15) is 4.79 Å². The van der Waals surface area contributed by atoms with E-state index < -0.39 is 0 Å². The monoisotopic (exact) mass is 295 g/mol. The fourth-order valence-electron chi connectivity index (χ4n) is 3.26. The fraction of sp³-hybridized carbons (Fsp3) is 0.786. The lowest BCUT2D eigenvalue weighted by Gasteiger charge is -2.35. The maximum atomic E-state index is 12.1. The van der Waals surface area contributed by atoms with Crippen LogP contribution in [0.15, 0.2) is 4.52 Å². The van der Waals surface area contributed by atoms with Gasteiger partial charge in [0.15, 0.2) is 5.82 Å². The van der Waals surface area contributed by atoms with E-state index in [-0.39, 0.29) is 5.92 Å². The van der Waals surface area contributed by atoms with Gasteiger partial charge in [-0.15, -0.1) is 0 Å². The lowest BCUT2D eigenvalue weighted by Crippen LogP contribution is -2.44. The van der Waals surface area contributed by atoms with Crippen LogP contribution >= 0.6 is 11.8 Å². The highest BCUT2D eigenvalue weighted by Gasteiger charge is 2.35. The van der Waals surface area contributed by atoms with E-state index in [0.29, 0.717) is 24.3 Å². The highest BCUT2D eigenvalue weighted by atomic mass is 32.2. The molecule has 0 aromatic carbocycles. The van der Waals surface area contributed by atoms with Crippen molar-refractivity contribution in [3.05, 3.63) is 11.7 Å². The van der Waals surface area contributed by atoms with Crippen molar-refractivity contribution in [3.63, 3.8) is 0 Å². The first-order valence-corrected chi connectivity index (χ1v) is 8.78. The second-order valence-corrected chi connectivity index (χ2v) is 6.57. The van der Waals surface area contributed by atoms with Crippen molar-refractivity contribution in [1.82, 2.24) is 15.0 Å². The molecule has 20 heavy (non-hydrogen) atoms. The Kier molecular flexibility index (Phi) is 4.29. The van der Waals surface area contributed by atoms with E-state index in [2.05, 4.69) is 15.0 Å². The number of rotatable bonds is 4.